The lowest BCUT2D eigenvalue weighted by molar-refractivity contribution is 0.0730. The smallest absolute Gasteiger partial charge is 0.252 e. The molecule has 2 aromatic rings. The van der Waals surface area contributed by atoms with E-state index < -0.39 is 15.9 Å². The fraction of sp³-hybridized carbons (Fsp3) is 0.350. The van der Waals surface area contributed by atoms with Crippen molar-refractivity contribution in [2.75, 3.05) is 39.5 Å². The first-order chi connectivity index (χ1) is 13.9. The topological polar surface area (TPSA) is 84.9 Å². The van der Waals surface area contributed by atoms with Gasteiger partial charge in [0.15, 0.2) is 0 Å². The Bertz CT molecular complexity index is 957. The molecule has 0 aliphatic carbocycles. The van der Waals surface area contributed by atoms with Gasteiger partial charge in [-0.05, 0) is 37.3 Å². The lowest BCUT2D eigenvalue weighted by Gasteiger charge is -2.26. The van der Waals surface area contributed by atoms with Crippen LogP contribution < -0.4 is 10.1 Å². The molecule has 0 unspecified atom stereocenters. The molecule has 1 fully saturated rings. The first kappa shape index (κ1) is 21.6. The Hall–Kier alpha value is -2.13. The molecule has 1 N–H and O–H groups in total. The third-order valence-corrected chi connectivity index (χ3v) is 6.69. The van der Waals surface area contributed by atoms with Crippen molar-refractivity contribution in [2.24, 2.45) is 0 Å². The van der Waals surface area contributed by atoms with Gasteiger partial charge in [0.25, 0.3) is 5.91 Å². The summed E-state index contributed by atoms with van der Waals surface area (Å²) >= 11 is 6.13. The maximum Gasteiger partial charge on any atom is 0.252 e. The van der Waals surface area contributed by atoms with Gasteiger partial charge in [0.1, 0.15) is 12.4 Å². The number of halogens is 1. The standard InChI is InChI=1S/C20H23ClN2O5S/c1-15-2-4-16(5-3-15)28-11-8-22-20(24)18-14-17(6-7-19(18)21)29(25,26)23-9-12-27-13-10-23/h2-7,14H,8-13H2,1H3,(H,22,24). The predicted octanol–water partition coefficient (Wildman–Crippen LogP) is 2.48. The summed E-state index contributed by atoms with van der Waals surface area (Å²) in [5.41, 5.74) is 1.24. The van der Waals surface area contributed by atoms with Crippen molar-refractivity contribution < 1.29 is 22.7 Å². The molecule has 3 rings (SSSR count). The van der Waals surface area contributed by atoms with Gasteiger partial charge in [0, 0.05) is 13.1 Å². The van der Waals surface area contributed by atoms with Crippen molar-refractivity contribution in [2.45, 2.75) is 11.8 Å². The molecule has 2 aromatic carbocycles. The summed E-state index contributed by atoms with van der Waals surface area (Å²) in [6.07, 6.45) is 0. The Morgan fingerprint density at radius 1 is 1.17 bits per heavy atom. The summed E-state index contributed by atoms with van der Waals surface area (Å²) in [4.78, 5) is 12.5. The Kier molecular flexibility index (Phi) is 7.13. The van der Waals surface area contributed by atoms with Crippen LogP contribution in [0.2, 0.25) is 5.02 Å². The van der Waals surface area contributed by atoms with Gasteiger partial charge in [-0.15, -0.1) is 0 Å². The molecule has 0 spiro atoms. The number of nitrogens with one attached hydrogen (secondary N) is 1. The van der Waals surface area contributed by atoms with Crippen molar-refractivity contribution in [3.05, 3.63) is 58.6 Å². The maximum absolute atomic E-state index is 12.8. The fourth-order valence-corrected chi connectivity index (χ4v) is 4.48. The number of nitrogens with zero attached hydrogens (tertiary/aromatic N) is 1. The van der Waals surface area contributed by atoms with E-state index in [-0.39, 0.29) is 41.7 Å². The highest BCUT2D eigenvalue weighted by Gasteiger charge is 2.27. The van der Waals surface area contributed by atoms with Crippen LogP contribution in [0.1, 0.15) is 15.9 Å². The van der Waals surface area contributed by atoms with Gasteiger partial charge in [0.2, 0.25) is 10.0 Å². The number of carbonyl (C=O) groups excluding carboxylic acids is 1. The minimum absolute atomic E-state index is 0.0323. The van der Waals surface area contributed by atoms with Crippen molar-refractivity contribution >= 4 is 27.5 Å². The summed E-state index contributed by atoms with van der Waals surface area (Å²) < 4.78 is 37.7. The van der Waals surface area contributed by atoms with Crippen LogP contribution >= 0.6 is 11.6 Å². The summed E-state index contributed by atoms with van der Waals surface area (Å²) in [7, 11) is -3.71. The zero-order valence-electron chi connectivity index (χ0n) is 16.1. The van der Waals surface area contributed by atoms with E-state index in [1.54, 1.807) is 0 Å². The normalized spacial score (nSPS) is 15.1. The van der Waals surface area contributed by atoms with Crippen LogP contribution in [0.25, 0.3) is 0 Å². The second-order valence-electron chi connectivity index (χ2n) is 6.58. The molecule has 156 valence electrons. The third-order valence-electron chi connectivity index (χ3n) is 4.47. The minimum atomic E-state index is -3.71. The molecule has 0 bridgehead atoms. The van der Waals surface area contributed by atoms with E-state index in [9.17, 15) is 13.2 Å². The molecule has 1 saturated heterocycles. The zero-order valence-corrected chi connectivity index (χ0v) is 17.6. The van der Waals surface area contributed by atoms with Crippen molar-refractivity contribution in [1.82, 2.24) is 9.62 Å². The van der Waals surface area contributed by atoms with Gasteiger partial charge in [-0.2, -0.15) is 4.31 Å². The third kappa shape index (κ3) is 5.48. The largest absolute Gasteiger partial charge is 0.492 e. The van der Waals surface area contributed by atoms with Crippen LogP contribution in [-0.2, 0) is 14.8 Å². The van der Waals surface area contributed by atoms with Gasteiger partial charge >= 0.3 is 0 Å². The first-order valence-electron chi connectivity index (χ1n) is 9.23. The quantitative estimate of drug-likeness (QED) is 0.671. The number of aryl methyl sites for hydroxylation is 1. The molecule has 0 radical (unpaired) electrons. The molecular formula is C20H23ClN2O5S. The van der Waals surface area contributed by atoms with E-state index in [4.69, 9.17) is 21.1 Å². The molecule has 1 aliphatic rings. The lowest BCUT2D eigenvalue weighted by Crippen LogP contribution is -2.40. The Balaban J connectivity index is 1.62. The van der Waals surface area contributed by atoms with Gasteiger partial charge < -0.3 is 14.8 Å². The molecule has 0 atom stereocenters. The minimum Gasteiger partial charge on any atom is -0.492 e. The van der Waals surface area contributed by atoms with E-state index >= 15 is 0 Å². The van der Waals surface area contributed by atoms with Crippen LogP contribution in [-0.4, -0.2) is 58.1 Å². The number of carbonyl (C=O) groups is 1. The SMILES string of the molecule is Cc1ccc(OCCNC(=O)c2cc(S(=O)(=O)N3CCOCC3)ccc2Cl)cc1. The van der Waals surface area contributed by atoms with Crippen LogP contribution in [0.15, 0.2) is 47.4 Å². The number of hydrogen-bond donors (Lipinski definition) is 1. The highest BCUT2D eigenvalue weighted by molar-refractivity contribution is 7.89. The molecule has 1 heterocycles. The van der Waals surface area contributed by atoms with E-state index in [2.05, 4.69) is 5.32 Å². The number of amides is 1. The van der Waals surface area contributed by atoms with E-state index in [1.165, 1.54) is 22.5 Å². The van der Waals surface area contributed by atoms with Gasteiger partial charge in [-0.3, -0.25) is 4.79 Å². The average molecular weight is 439 g/mol. The van der Waals surface area contributed by atoms with Crippen LogP contribution in [0.4, 0.5) is 0 Å². The molecule has 0 aromatic heterocycles. The molecular weight excluding hydrogens is 416 g/mol. The first-order valence-corrected chi connectivity index (χ1v) is 11.0. The fourth-order valence-electron chi connectivity index (χ4n) is 2.84. The predicted molar refractivity (Wildman–Crippen MR) is 110 cm³/mol. The highest BCUT2D eigenvalue weighted by atomic mass is 35.5. The van der Waals surface area contributed by atoms with Gasteiger partial charge in [0.05, 0.1) is 35.2 Å². The Morgan fingerprint density at radius 3 is 2.55 bits per heavy atom. The molecule has 1 amide bonds. The number of sulfonamides is 1. The number of rotatable bonds is 7. The number of morpholine rings is 1. The molecule has 29 heavy (non-hydrogen) atoms. The van der Waals surface area contributed by atoms with Gasteiger partial charge in [-0.1, -0.05) is 29.3 Å². The van der Waals surface area contributed by atoms with Crippen molar-refractivity contribution in [3.63, 3.8) is 0 Å². The second kappa shape index (κ2) is 9.58. The van der Waals surface area contributed by atoms with E-state index in [0.717, 1.165) is 5.56 Å². The summed E-state index contributed by atoms with van der Waals surface area (Å²) in [6.45, 7) is 3.77. The number of benzene rings is 2. The second-order valence-corrected chi connectivity index (χ2v) is 8.92. The van der Waals surface area contributed by atoms with Crippen molar-refractivity contribution in [1.29, 1.82) is 0 Å². The van der Waals surface area contributed by atoms with Gasteiger partial charge in [-0.25, -0.2) is 8.42 Å². The molecule has 7 nitrogen and oxygen atoms in total. The monoisotopic (exact) mass is 438 g/mol. The molecule has 1 aliphatic heterocycles. The van der Waals surface area contributed by atoms with Crippen molar-refractivity contribution in [3.8, 4) is 5.75 Å². The molecule has 0 saturated carbocycles. The van der Waals surface area contributed by atoms with E-state index in [0.29, 0.717) is 19.0 Å². The Morgan fingerprint density at radius 2 is 1.86 bits per heavy atom. The molecule has 9 heteroatoms. The summed E-state index contributed by atoms with van der Waals surface area (Å²) in [5, 5.41) is 2.89. The maximum atomic E-state index is 12.8. The average Bonchev–Trinajstić information content (AvgIpc) is 2.73. The van der Waals surface area contributed by atoms with Crippen LogP contribution in [0, 0.1) is 6.92 Å². The number of ether oxygens (including phenoxy) is 2. The number of hydrogen-bond acceptors (Lipinski definition) is 5. The van der Waals surface area contributed by atoms with E-state index in [1.807, 2.05) is 31.2 Å². The Labute approximate surface area is 175 Å². The zero-order chi connectivity index (χ0) is 20.9. The summed E-state index contributed by atoms with van der Waals surface area (Å²) in [5.74, 6) is 0.253. The van der Waals surface area contributed by atoms with Crippen LogP contribution in [0.5, 0.6) is 5.75 Å². The summed E-state index contributed by atoms with van der Waals surface area (Å²) in [6, 6.07) is 11.7. The highest BCUT2D eigenvalue weighted by Crippen LogP contribution is 2.23. The lowest BCUT2D eigenvalue weighted by atomic mass is 10.2. The van der Waals surface area contributed by atoms with Crippen LogP contribution in [0.3, 0.4) is 0 Å².